The Bertz CT molecular complexity index is 135. The molecule has 3 unspecified atom stereocenters. The SMILES string of the molecule is CCC1(OC)COC1CC(C)O. The highest BCUT2D eigenvalue weighted by Crippen LogP contribution is 2.34. The number of aliphatic hydroxyl groups is 1. The first-order valence-electron chi connectivity index (χ1n) is 4.49. The lowest BCUT2D eigenvalue weighted by Crippen LogP contribution is -2.59. The van der Waals surface area contributed by atoms with E-state index in [9.17, 15) is 5.11 Å². The molecule has 1 saturated heterocycles. The maximum absolute atomic E-state index is 9.18. The zero-order valence-electron chi connectivity index (χ0n) is 8.04. The Morgan fingerprint density at radius 3 is 2.67 bits per heavy atom. The summed E-state index contributed by atoms with van der Waals surface area (Å²) in [7, 11) is 1.71. The molecular weight excluding hydrogens is 156 g/mol. The molecule has 1 rings (SSSR count). The molecule has 1 fully saturated rings. The first kappa shape index (κ1) is 9.96. The Morgan fingerprint density at radius 1 is 1.75 bits per heavy atom. The highest BCUT2D eigenvalue weighted by atomic mass is 16.6. The van der Waals surface area contributed by atoms with E-state index in [0.29, 0.717) is 13.0 Å². The van der Waals surface area contributed by atoms with Gasteiger partial charge in [-0.1, -0.05) is 6.92 Å². The van der Waals surface area contributed by atoms with Gasteiger partial charge < -0.3 is 14.6 Å². The van der Waals surface area contributed by atoms with Crippen molar-refractivity contribution in [3.05, 3.63) is 0 Å². The van der Waals surface area contributed by atoms with Gasteiger partial charge in [0.25, 0.3) is 0 Å². The monoisotopic (exact) mass is 174 g/mol. The average molecular weight is 174 g/mol. The second-order valence-electron chi connectivity index (χ2n) is 3.51. The van der Waals surface area contributed by atoms with Crippen LogP contribution < -0.4 is 0 Å². The van der Waals surface area contributed by atoms with Gasteiger partial charge in [0.05, 0.1) is 18.8 Å². The van der Waals surface area contributed by atoms with E-state index in [1.54, 1.807) is 14.0 Å². The molecule has 1 N–H and O–H groups in total. The molecule has 12 heavy (non-hydrogen) atoms. The summed E-state index contributed by atoms with van der Waals surface area (Å²) in [5.41, 5.74) is -0.128. The first-order chi connectivity index (χ1) is 5.64. The molecule has 0 aromatic heterocycles. The Morgan fingerprint density at radius 2 is 2.42 bits per heavy atom. The summed E-state index contributed by atoms with van der Waals surface area (Å²) >= 11 is 0. The number of methoxy groups -OCH3 is 1. The van der Waals surface area contributed by atoms with Gasteiger partial charge in [-0.05, 0) is 13.3 Å². The summed E-state index contributed by atoms with van der Waals surface area (Å²) in [4.78, 5) is 0. The number of hydrogen-bond donors (Lipinski definition) is 1. The van der Waals surface area contributed by atoms with E-state index in [0.717, 1.165) is 6.42 Å². The highest BCUT2D eigenvalue weighted by Gasteiger charge is 2.47. The van der Waals surface area contributed by atoms with Gasteiger partial charge in [-0.15, -0.1) is 0 Å². The molecule has 0 amide bonds. The van der Waals surface area contributed by atoms with Crippen molar-refractivity contribution >= 4 is 0 Å². The fourth-order valence-corrected chi connectivity index (χ4v) is 1.64. The van der Waals surface area contributed by atoms with Crippen molar-refractivity contribution in [2.45, 2.75) is 44.5 Å². The smallest absolute Gasteiger partial charge is 0.117 e. The standard InChI is InChI=1S/C9H18O3/c1-4-9(11-3)6-12-8(9)5-7(2)10/h7-8,10H,4-6H2,1-3H3. The third-order valence-corrected chi connectivity index (χ3v) is 2.68. The summed E-state index contributed by atoms with van der Waals surface area (Å²) in [5.74, 6) is 0. The van der Waals surface area contributed by atoms with E-state index in [1.807, 2.05) is 0 Å². The zero-order chi connectivity index (χ0) is 9.19. The molecule has 1 aliphatic heterocycles. The minimum Gasteiger partial charge on any atom is -0.393 e. The Balaban J connectivity index is 2.45. The number of hydrogen-bond acceptors (Lipinski definition) is 3. The fourth-order valence-electron chi connectivity index (χ4n) is 1.64. The predicted octanol–water partition coefficient (Wildman–Crippen LogP) is 0.951. The van der Waals surface area contributed by atoms with Crippen molar-refractivity contribution in [3.8, 4) is 0 Å². The largest absolute Gasteiger partial charge is 0.393 e. The van der Waals surface area contributed by atoms with Crippen molar-refractivity contribution in [3.63, 3.8) is 0 Å². The molecule has 0 saturated carbocycles. The van der Waals surface area contributed by atoms with Crippen LogP contribution in [0.15, 0.2) is 0 Å². The van der Waals surface area contributed by atoms with Crippen LogP contribution in [0.5, 0.6) is 0 Å². The number of ether oxygens (including phenoxy) is 2. The molecule has 0 spiro atoms. The second-order valence-corrected chi connectivity index (χ2v) is 3.51. The Hall–Kier alpha value is -0.120. The average Bonchev–Trinajstić information content (AvgIpc) is 2.01. The van der Waals surface area contributed by atoms with E-state index in [1.165, 1.54) is 0 Å². The van der Waals surface area contributed by atoms with Crippen molar-refractivity contribution < 1.29 is 14.6 Å². The molecule has 3 atom stereocenters. The summed E-state index contributed by atoms with van der Waals surface area (Å²) < 4.78 is 10.8. The summed E-state index contributed by atoms with van der Waals surface area (Å²) in [6.45, 7) is 4.52. The maximum Gasteiger partial charge on any atom is 0.117 e. The van der Waals surface area contributed by atoms with Crippen molar-refractivity contribution in [2.24, 2.45) is 0 Å². The molecule has 0 bridgehead atoms. The molecule has 1 heterocycles. The van der Waals surface area contributed by atoms with Gasteiger partial charge in [0, 0.05) is 13.5 Å². The van der Waals surface area contributed by atoms with Gasteiger partial charge in [-0.3, -0.25) is 0 Å². The number of rotatable bonds is 4. The molecule has 1 aliphatic rings. The topological polar surface area (TPSA) is 38.7 Å². The minimum atomic E-state index is -0.309. The second kappa shape index (κ2) is 3.73. The molecule has 0 radical (unpaired) electrons. The lowest BCUT2D eigenvalue weighted by atomic mass is 9.86. The summed E-state index contributed by atoms with van der Waals surface area (Å²) in [6.07, 6.45) is 1.38. The van der Waals surface area contributed by atoms with Crippen LogP contribution in [-0.2, 0) is 9.47 Å². The molecule has 3 nitrogen and oxygen atoms in total. The van der Waals surface area contributed by atoms with Crippen LogP contribution in [0.25, 0.3) is 0 Å². The first-order valence-corrected chi connectivity index (χ1v) is 4.49. The van der Waals surface area contributed by atoms with Gasteiger partial charge >= 0.3 is 0 Å². The summed E-state index contributed by atoms with van der Waals surface area (Å²) in [6, 6.07) is 0. The van der Waals surface area contributed by atoms with Crippen molar-refractivity contribution in [1.82, 2.24) is 0 Å². The van der Waals surface area contributed by atoms with Crippen LogP contribution in [0.3, 0.4) is 0 Å². The van der Waals surface area contributed by atoms with E-state index < -0.39 is 0 Å². The van der Waals surface area contributed by atoms with Crippen LogP contribution in [0.4, 0.5) is 0 Å². The van der Waals surface area contributed by atoms with Crippen LogP contribution in [0, 0.1) is 0 Å². The van der Waals surface area contributed by atoms with Crippen LogP contribution in [-0.4, -0.2) is 36.6 Å². The number of aliphatic hydroxyl groups excluding tert-OH is 1. The molecule has 3 heteroatoms. The van der Waals surface area contributed by atoms with Crippen LogP contribution in [0.2, 0.25) is 0 Å². The van der Waals surface area contributed by atoms with Crippen molar-refractivity contribution in [2.75, 3.05) is 13.7 Å². The van der Waals surface area contributed by atoms with Crippen LogP contribution >= 0.6 is 0 Å². The Labute approximate surface area is 73.7 Å². The van der Waals surface area contributed by atoms with Crippen LogP contribution in [0.1, 0.15) is 26.7 Å². The lowest BCUT2D eigenvalue weighted by Gasteiger charge is -2.48. The van der Waals surface area contributed by atoms with Gasteiger partial charge in [0.2, 0.25) is 0 Å². The van der Waals surface area contributed by atoms with Gasteiger partial charge in [-0.2, -0.15) is 0 Å². The molecule has 0 aromatic rings. The van der Waals surface area contributed by atoms with E-state index >= 15 is 0 Å². The molecular formula is C9H18O3. The highest BCUT2D eigenvalue weighted by molar-refractivity contribution is 4.96. The van der Waals surface area contributed by atoms with Gasteiger partial charge in [0.1, 0.15) is 5.60 Å². The normalized spacial score (nSPS) is 37.5. The minimum absolute atomic E-state index is 0.0764. The quantitative estimate of drug-likeness (QED) is 0.689. The van der Waals surface area contributed by atoms with E-state index in [4.69, 9.17) is 9.47 Å². The maximum atomic E-state index is 9.18. The fraction of sp³-hybridized carbons (Fsp3) is 1.00. The molecule has 0 aliphatic carbocycles. The summed E-state index contributed by atoms with van der Waals surface area (Å²) in [5, 5.41) is 9.18. The molecule has 72 valence electrons. The third-order valence-electron chi connectivity index (χ3n) is 2.68. The van der Waals surface area contributed by atoms with E-state index in [-0.39, 0.29) is 17.8 Å². The predicted molar refractivity (Wildman–Crippen MR) is 46.1 cm³/mol. The van der Waals surface area contributed by atoms with E-state index in [2.05, 4.69) is 6.92 Å². The zero-order valence-corrected chi connectivity index (χ0v) is 8.04. The molecule has 0 aromatic carbocycles. The van der Waals surface area contributed by atoms with Gasteiger partial charge in [0.15, 0.2) is 0 Å². The third kappa shape index (κ3) is 1.63. The Kier molecular flexibility index (Phi) is 3.09. The lowest BCUT2D eigenvalue weighted by molar-refractivity contribution is -0.258. The van der Waals surface area contributed by atoms with Crippen molar-refractivity contribution in [1.29, 1.82) is 0 Å². The van der Waals surface area contributed by atoms with Gasteiger partial charge in [-0.25, -0.2) is 0 Å².